The maximum Gasteiger partial charge on any atom is 0.247 e. The number of rotatable bonds is 8. The molecule has 0 unspecified atom stereocenters. The molecule has 0 radical (unpaired) electrons. The van der Waals surface area contributed by atoms with Gasteiger partial charge in [-0.25, -0.2) is 0 Å². The van der Waals surface area contributed by atoms with E-state index in [1.54, 1.807) is 0 Å². The van der Waals surface area contributed by atoms with E-state index >= 15 is 0 Å². The molecule has 6 nitrogen and oxygen atoms in total. The third-order valence-corrected chi connectivity index (χ3v) is 7.62. The molecule has 180 valence electrons. The first-order valence-electron chi connectivity index (χ1n) is 12.6. The number of allylic oxidation sites excluding steroid dienone is 1. The van der Waals surface area contributed by atoms with Crippen LogP contribution in [-0.4, -0.2) is 71.0 Å². The van der Waals surface area contributed by atoms with Gasteiger partial charge in [0.2, 0.25) is 11.8 Å². The summed E-state index contributed by atoms with van der Waals surface area (Å²) in [6.07, 6.45) is 4.53. The lowest BCUT2D eigenvalue weighted by Gasteiger charge is -2.41. The number of aromatic nitrogens is 2. The van der Waals surface area contributed by atoms with Crippen LogP contribution in [0.15, 0.2) is 40.3 Å². The Balaban J connectivity index is 1.40. The van der Waals surface area contributed by atoms with Gasteiger partial charge in [0.1, 0.15) is 0 Å². The van der Waals surface area contributed by atoms with Crippen LogP contribution >= 0.6 is 0 Å². The summed E-state index contributed by atoms with van der Waals surface area (Å²) < 4.78 is 6.05. The third-order valence-electron chi connectivity index (χ3n) is 7.62. The van der Waals surface area contributed by atoms with Crippen LogP contribution < -0.4 is 0 Å². The van der Waals surface area contributed by atoms with Crippen molar-refractivity contribution in [1.82, 2.24) is 20.0 Å². The van der Waals surface area contributed by atoms with Gasteiger partial charge in [-0.05, 0) is 56.1 Å². The number of aryl methyl sites for hydroxylation is 1. The average molecular weight is 453 g/mol. The van der Waals surface area contributed by atoms with Crippen LogP contribution in [0.1, 0.15) is 38.6 Å². The molecule has 4 rings (SSSR count). The lowest BCUT2D eigenvalue weighted by atomic mass is 9.69. The summed E-state index contributed by atoms with van der Waals surface area (Å²) in [5.41, 5.74) is 3.67. The molecule has 0 bridgehead atoms. The second kappa shape index (κ2) is 10.9. The Labute approximate surface area is 198 Å². The minimum atomic E-state index is 0.258. The first-order chi connectivity index (χ1) is 15.9. The number of benzene rings is 1. The van der Waals surface area contributed by atoms with Crippen molar-refractivity contribution >= 4 is 0 Å². The van der Waals surface area contributed by atoms with Gasteiger partial charge < -0.3 is 14.4 Å². The Morgan fingerprint density at radius 2 is 1.73 bits per heavy atom. The normalized spacial score (nSPS) is 24.9. The van der Waals surface area contributed by atoms with E-state index in [1.807, 2.05) is 12.1 Å². The van der Waals surface area contributed by atoms with Crippen molar-refractivity contribution in [3.8, 4) is 11.5 Å². The smallest absolute Gasteiger partial charge is 0.247 e. The Hall–Kier alpha value is -2.02. The molecule has 2 heterocycles. The van der Waals surface area contributed by atoms with E-state index in [-0.39, 0.29) is 6.61 Å². The van der Waals surface area contributed by atoms with Gasteiger partial charge in [0.15, 0.2) is 0 Å². The van der Waals surface area contributed by atoms with Crippen molar-refractivity contribution in [3.63, 3.8) is 0 Å². The summed E-state index contributed by atoms with van der Waals surface area (Å²) in [5.74, 6) is 3.71. The third kappa shape index (κ3) is 6.11. The minimum absolute atomic E-state index is 0.258. The van der Waals surface area contributed by atoms with Gasteiger partial charge in [-0.2, -0.15) is 0 Å². The van der Waals surface area contributed by atoms with E-state index in [0.29, 0.717) is 29.6 Å². The molecule has 1 fully saturated rings. The average Bonchev–Trinajstić information content (AvgIpc) is 3.26. The summed E-state index contributed by atoms with van der Waals surface area (Å²) in [5, 5.41) is 17.9. The SMILES string of the molecule is CC1=C[C@@H](CN2CCN(CCO)CC2)[C@H](C(C)C)C[C@H]1Cc1nnc(-c2ccc(C)cc2)o1. The number of β-amino-alcohol motifs (C(OH)–C–C–N with tert-alkyl or cyclic N) is 1. The fourth-order valence-electron chi connectivity index (χ4n) is 5.48. The van der Waals surface area contributed by atoms with E-state index in [0.717, 1.165) is 57.1 Å². The molecular weight excluding hydrogens is 412 g/mol. The maximum absolute atomic E-state index is 9.19. The summed E-state index contributed by atoms with van der Waals surface area (Å²) >= 11 is 0. The standard InChI is InChI=1S/C27H40N4O2/c1-19(2)25-16-23(17-26-28-29-27(33-26)22-7-5-20(3)6-8-22)21(4)15-24(25)18-31-11-9-30(10-12-31)13-14-32/h5-8,15,19,23-25,32H,9-14,16-18H2,1-4H3/t23-,24-,25-/m0/s1. The molecule has 0 amide bonds. The van der Waals surface area contributed by atoms with Crippen LogP contribution in [0, 0.1) is 30.6 Å². The fraction of sp³-hybridized carbons (Fsp3) is 0.630. The van der Waals surface area contributed by atoms with E-state index in [4.69, 9.17) is 4.42 Å². The highest BCUT2D eigenvalue weighted by Crippen LogP contribution is 2.39. The van der Waals surface area contributed by atoms with Gasteiger partial charge in [0.25, 0.3) is 0 Å². The second-order valence-corrected chi connectivity index (χ2v) is 10.4. The Bertz CT molecular complexity index is 912. The molecule has 1 saturated heterocycles. The van der Waals surface area contributed by atoms with Crippen molar-refractivity contribution in [3.05, 3.63) is 47.4 Å². The first-order valence-corrected chi connectivity index (χ1v) is 12.6. The molecule has 2 aliphatic rings. The second-order valence-electron chi connectivity index (χ2n) is 10.4. The Kier molecular flexibility index (Phi) is 7.99. The molecule has 2 aromatic rings. The predicted octanol–water partition coefficient (Wildman–Crippen LogP) is 4.05. The van der Waals surface area contributed by atoms with E-state index in [1.165, 1.54) is 17.6 Å². The van der Waals surface area contributed by atoms with Crippen molar-refractivity contribution in [1.29, 1.82) is 0 Å². The number of hydrogen-bond acceptors (Lipinski definition) is 6. The predicted molar refractivity (Wildman–Crippen MR) is 132 cm³/mol. The number of hydrogen-bond donors (Lipinski definition) is 1. The van der Waals surface area contributed by atoms with Crippen LogP contribution in [0.4, 0.5) is 0 Å². The maximum atomic E-state index is 9.19. The van der Waals surface area contributed by atoms with Crippen LogP contribution in [0.2, 0.25) is 0 Å². The molecule has 1 aromatic heterocycles. The van der Waals surface area contributed by atoms with Crippen molar-refractivity contribution in [2.75, 3.05) is 45.9 Å². The largest absolute Gasteiger partial charge is 0.421 e. The summed E-state index contributed by atoms with van der Waals surface area (Å²) in [4.78, 5) is 4.98. The van der Waals surface area contributed by atoms with Crippen molar-refractivity contribution in [2.24, 2.45) is 23.7 Å². The quantitative estimate of drug-likeness (QED) is 0.610. The Morgan fingerprint density at radius 1 is 1.03 bits per heavy atom. The Morgan fingerprint density at radius 3 is 2.39 bits per heavy atom. The minimum Gasteiger partial charge on any atom is -0.421 e. The molecule has 0 spiro atoms. The van der Waals surface area contributed by atoms with Crippen LogP contribution in [-0.2, 0) is 6.42 Å². The van der Waals surface area contributed by atoms with Gasteiger partial charge >= 0.3 is 0 Å². The molecule has 3 atom stereocenters. The molecule has 1 aliphatic carbocycles. The van der Waals surface area contributed by atoms with Gasteiger partial charge in [-0.1, -0.05) is 43.2 Å². The molecule has 33 heavy (non-hydrogen) atoms. The number of aliphatic hydroxyl groups excluding tert-OH is 1. The molecular formula is C27H40N4O2. The zero-order valence-corrected chi connectivity index (χ0v) is 20.7. The van der Waals surface area contributed by atoms with Crippen LogP contribution in [0.25, 0.3) is 11.5 Å². The number of nitrogens with zero attached hydrogens (tertiary/aromatic N) is 4. The molecule has 6 heteroatoms. The van der Waals surface area contributed by atoms with Crippen LogP contribution in [0.5, 0.6) is 0 Å². The summed E-state index contributed by atoms with van der Waals surface area (Å²) in [7, 11) is 0. The summed E-state index contributed by atoms with van der Waals surface area (Å²) in [6.45, 7) is 15.6. The fourth-order valence-corrected chi connectivity index (χ4v) is 5.48. The van der Waals surface area contributed by atoms with Crippen molar-refractivity contribution in [2.45, 2.75) is 40.5 Å². The van der Waals surface area contributed by atoms with Gasteiger partial charge in [0.05, 0.1) is 6.61 Å². The first kappa shape index (κ1) is 24.1. The van der Waals surface area contributed by atoms with Gasteiger partial charge in [-0.3, -0.25) is 4.90 Å². The van der Waals surface area contributed by atoms with E-state index < -0.39 is 0 Å². The molecule has 1 N–H and O–H groups in total. The highest BCUT2D eigenvalue weighted by Gasteiger charge is 2.34. The molecule has 1 aliphatic heterocycles. The summed E-state index contributed by atoms with van der Waals surface area (Å²) in [6, 6.07) is 8.24. The zero-order valence-electron chi connectivity index (χ0n) is 20.7. The van der Waals surface area contributed by atoms with E-state index in [2.05, 4.69) is 65.9 Å². The van der Waals surface area contributed by atoms with Gasteiger partial charge in [-0.15, -0.1) is 10.2 Å². The van der Waals surface area contributed by atoms with Crippen molar-refractivity contribution < 1.29 is 9.52 Å². The topological polar surface area (TPSA) is 65.6 Å². The lowest BCUT2D eigenvalue weighted by Crippen LogP contribution is -2.49. The molecule has 1 aromatic carbocycles. The zero-order chi connectivity index (χ0) is 23.4. The van der Waals surface area contributed by atoms with E-state index in [9.17, 15) is 5.11 Å². The van der Waals surface area contributed by atoms with Gasteiger partial charge in [0, 0.05) is 51.3 Å². The number of aliphatic hydroxyl groups is 1. The molecule has 0 saturated carbocycles. The highest BCUT2D eigenvalue weighted by atomic mass is 16.4. The lowest BCUT2D eigenvalue weighted by molar-refractivity contribution is 0.0887. The van der Waals surface area contributed by atoms with Crippen LogP contribution in [0.3, 0.4) is 0 Å². The highest BCUT2D eigenvalue weighted by molar-refractivity contribution is 5.52. The monoisotopic (exact) mass is 452 g/mol. The number of piperazine rings is 1.